The van der Waals surface area contributed by atoms with Crippen LogP contribution in [0.25, 0.3) is 11.4 Å². The Bertz CT molecular complexity index is 1180. The van der Waals surface area contributed by atoms with E-state index in [9.17, 15) is 26.3 Å². The molecule has 0 bridgehead atoms. The molecule has 0 unspecified atom stereocenters. The van der Waals surface area contributed by atoms with Crippen molar-refractivity contribution in [2.24, 2.45) is 0 Å². The highest BCUT2D eigenvalue weighted by atomic mass is 19.4. The quantitative estimate of drug-likeness (QED) is 0.327. The second kappa shape index (κ2) is 7.79. The molecule has 4 nitrogen and oxygen atoms in total. The molecular weight excluding hydrogens is 446 g/mol. The van der Waals surface area contributed by atoms with Crippen LogP contribution in [0.5, 0.6) is 0 Å². The Balaban J connectivity index is 1.64. The van der Waals surface area contributed by atoms with Gasteiger partial charge in [-0.1, -0.05) is 12.1 Å². The lowest BCUT2D eigenvalue weighted by molar-refractivity contribution is -0.138. The van der Waals surface area contributed by atoms with Gasteiger partial charge in [-0.2, -0.15) is 36.5 Å². The van der Waals surface area contributed by atoms with Crippen molar-refractivity contribution in [3.63, 3.8) is 0 Å². The van der Waals surface area contributed by atoms with Crippen LogP contribution in [0.15, 0.2) is 73.1 Å². The number of hydrogen-bond donors (Lipinski definition) is 0. The maximum Gasteiger partial charge on any atom is 0.416 e. The molecule has 0 N–H and O–H groups in total. The van der Waals surface area contributed by atoms with E-state index in [0.29, 0.717) is 11.4 Å². The fourth-order valence-corrected chi connectivity index (χ4v) is 3.38. The number of nitrogens with zero attached hydrogens (tertiary/aromatic N) is 4. The molecule has 2 aromatic heterocycles. The van der Waals surface area contributed by atoms with Gasteiger partial charge in [0.25, 0.3) is 0 Å². The van der Waals surface area contributed by atoms with Gasteiger partial charge in [-0.25, -0.2) is 9.36 Å². The van der Waals surface area contributed by atoms with Crippen LogP contribution in [-0.4, -0.2) is 19.6 Å². The summed E-state index contributed by atoms with van der Waals surface area (Å²) < 4.78 is 80.9. The molecule has 2 heterocycles. The number of hydrogen-bond acceptors (Lipinski definition) is 2. The van der Waals surface area contributed by atoms with E-state index in [1.54, 1.807) is 24.5 Å². The molecule has 172 valence electrons. The normalized spacial score (nSPS) is 12.8. The first kappa shape index (κ1) is 22.6. The Morgan fingerprint density at radius 1 is 0.606 bits per heavy atom. The molecule has 0 saturated carbocycles. The van der Waals surface area contributed by atoms with E-state index in [4.69, 9.17) is 0 Å². The summed E-state index contributed by atoms with van der Waals surface area (Å²) in [4.78, 5) is 0. The van der Waals surface area contributed by atoms with Crippen LogP contribution in [0.4, 0.5) is 26.3 Å². The van der Waals surface area contributed by atoms with Crippen molar-refractivity contribution in [3.05, 3.63) is 95.6 Å². The minimum absolute atomic E-state index is 0.251. The molecule has 0 spiro atoms. The molecule has 4 rings (SSSR count). The number of halogens is 6. The Labute approximate surface area is 185 Å². The number of benzene rings is 2. The van der Waals surface area contributed by atoms with Crippen molar-refractivity contribution in [1.29, 1.82) is 0 Å². The third kappa shape index (κ3) is 4.50. The first-order chi connectivity index (χ1) is 15.4. The highest BCUT2D eigenvalue weighted by molar-refractivity contribution is 5.39. The van der Waals surface area contributed by atoms with Crippen molar-refractivity contribution in [1.82, 2.24) is 19.6 Å². The summed E-state index contributed by atoms with van der Waals surface area (Å²) in [6, 6.07) is 13.0. The van der Waals surface area contributed by atoms with Crippen LogP contribution in [0.2, 0.25) is 0 Å². The smallest absolute Gasteiger partial charge is 0.241 e. The maximum atomic E-state index is 13.0. The van der Waals surface area contributed by atoms with Crippen molar-refractivity contribution in [3.8, 4) is 11.4 Å². The first-order valence-corrected chi connectivity index (χ1v) is 9.83. The van der Waals surface area contributed by atoms with Gasteiger partial charge in [0.15, 0.2) is 0 Å². The van der Waals surface area contributed by atoms with E-state index in [1.165, 1.54) is 33.6 Å². The van der Waals surface area contributed by atoms with Gasteiger partial charge in [0.1, 0.15) is 0 Å². The van der Waals surface area contributed by atoms with Gasteiger partial charge in [-0.05, 0) is 62.4 Å². The minimum Gasteiger partial charge on any atom is -0.241 e. The molecule has 0 amide bonds. The minimum atomic E-state index is -4.47. The molecule has 0 saturated heterocycles. The van der Waals surface area contributed by atoms with Gasteiger partial charge < -0.3 is 0 Å². The molecule has 10 heteroatoms. The molecule has 0 fully saturated rings. The van der Waals surface area contributed by atoms with Gasteiger partial charge in [0, 0.05) is 12.4 Å². The number of rotatable bonds is 4. The summed E-state index contributed by atoms with van der Waals surface area (Å²) >= 11 is 0. The van der Waals surface area contributed by atoms with Gasteiger partial charge in [-0.3, -0.25) is 0 Å². The molecule has 0 aliphatic heterocycles. The molecule has 33 heavy (non-hydrogen) atoms. The summed E-state index contributed by atoms with van der Waals surface area (Å²) in [6.45, 7) is 3.65. The van der Waals surface area contributed by atoms with Crippen LogP contribution in [0, 0.1) is 0 Å². The number of aromatic nitrogens is 4. The SMILES string of the molecule is CC(C)(c1ccn(-c2cccc(C(F)(F)F)c2)n1)c1ccn(-c2cccc(C(F)(F)F)c2)n1. The third-order valence-electron chi connectivity index (χ3n) is 5.33. The fourth-order valence-electron chi connectivity index (χ4n) is 3.38. The van der Waals surface area contributed by atoms with Crippen molar-refractivity contribution in [2.75, 3.05) is 0 Å². The average Bonchev–Trinajstić information content (AvgIpc) is 3.44. The van der Waals surface area contributed by atoms with Crippen molar-refractivity contribution < 1.29 is 26.3 Å². The lowest BCUT2D eigenvalue weighted by Crippen LogP contribution is -2.21. The maximum absolute atomic E-state index is 13.0. The lowest BCUT2D eigenvalue weighted by Gasteiger charge is -2.20. The van der Waals surface area contributed by atoms with Crippen LogP contribution < -0.4 is 0 Å². The number of alkyl halides is 6. The second-order valence-corrected chi connectivity index (χ2v) is 8.01. The first-order valence-electron chi connectivity index (χ1n) is 9.83. The Kier molecular flexibility index (Phi) is 5.34. The zero-order valence-electron chi connectivity index (χ0n) is 17.5. The Morgan fingerprint density at radius 2 is 1.00 bits per heavy atom. The summed E-state index contributed by atoms with van der Waals surface area (Å²) in [6.07, 6.45) is -5.84. The van der Waals surface area contributed by atoms with Crippen molar-refractivity contribution in [2.45, 2.75) is 31.6 Å². The topological polar surface area (TPSA) is 35.6 Å². The molecule has 0 aliphatic carbocycles. The zero-order chi connectivity index (χ0) is 24.0. The van der Waals surface area contributed by atoms with E-state index in [-0.39, 0.29) is 11.4 Å². The van der Waals surface area contributed by atoms with Crippen molar-refractivity contribution >= 4 is 0 Å². The molecule has 4 aromatic rings. The average molecular weight is 464 g/mol. The van der Waals surface area contributed by atoms with E-state index in [2.05, 4.69) is 10.2 Å². The van der Waals surface area contributed by atoms with Crippen LogP contribution in [0.1, 0.15) is 36.4 Å². The summed E-state index contributed by atoms with van der Waals surface area (Å²) in [5.41, 5.74) is -0.752. The monoisotopic (exact) mass is 464 g/mol. The predicted octanol–water partition coefficient (Wildman–Crippen LogP) is 6.42. The fraction of sp³-hybridized carbons (Fsp3) is 0.217. The second-order valence-electron chi connectivity index (χ2n) is 8.01. The zero-order valence-corrected chi connectivity index (χ0v) is 17.5. The molecule has 0 radical (unpaired) electrons. The summed E-state index contributed by atoms with van der Waals surface area (Å²) in [7, 11) is 0. The van der Waals surface area contributed by atoms with E-state index in [1.807, 2.05) is 13.8 Å². The largest absolute Gasteiger partial charge is 0.416 e. The predicted molar refractivity (Wildman–Crippen MR) is 109 cm³/mol. The van der Waals surface area contributed by atoms with Crippen LogP contribution >= 0.6 is 0 Å². The summed E-state index contributed by atoms with van der Waals surface area (Å²) in [5, 5.41) is 8.86. The third-order valence-corrected chi connectivity index (χ3v) is 5.33. The van der Waals surface area contributed by atoms with Gasteiger partial charge in [0.05, 0.1) is 39.3 Å². The molecule has 0 atom stereocenters. The molecular formula is C23H18F6N4. The molecule has 0 aliphatic rings. The van der Waals surface area contributed by atoms with Crippen LogP contribution in [0.3, 0.4) is 0 Å². The molecule has 2 aromatic carbocycles. The van der Waals surface area contributed by atoms with E-state index < -0.39 is 28.9 Å². The standard InChI is InChI=1S/C23H18F6N4/c1-21(2,19-9-11-32(30-19)17-7-3-5-15(13-17)22(24,25)26)20-10-12-33(31-20)18-8-4-6-16(14-18)23(27,28)29/h3-14H,1-2H3. The van der Waals surface area contributed by atoms with Gasteiger partial charge in [0.2, 0.25) is 0 Å². The highest BCUT2D eigenvalue weighted by Gasteiger charge is 2.32. The Hall–Kier alpha value is -3.56. The van der Waals surface area contributed by atoms with E-state index >= 15 is 0 Å². The van der Waals surface area contributed by atoms with Crippen LogP contribution in [-0.2, 0) is 17.8 Å². The lowest BCUT2D eigenvalue weighted by atomic mass is 9.86. The van der Waals surface area contributed by atoms with Gasteiger partial charge in [-0.15, -0.1) is 0 Å². The van der Waals surface area contributed by atoms with Gasteiger partial charge >= 0.3 is 12.4 Å². The highest BCUT2D eigenvalue weighted by Crippen LogP contribution is 2.33. The van der Waals surface area contributed by atoms with E-state index in [0.717, 1.165) is 24.3 Å². The Morgan fingerprint density at radius 3 is 1.36 bits per heavy atom. The summed E-state index contributed by atoms with van der Waals surface area (Å²) in [5.74, 6) is 0.